The van der Waals surface area contributed by atoms with E-state index in [1.54, 1.807) is 6.33 Å². The number of aromatic nitrogens is 4. The molecule has 0 radical (unpaired) electrons. The first-order chi connectivity index (χ1) is 15.1. The third-order valence-corrected chi connectivity index (χ3v) is 6.02. The predicted octanol–water partition coefficient (Wildman–Crippen LogP) is 4.62. The smallest absolute Gasteiger partial charge is 0.305 e. The van der Waals surface area contributed by atoms with Gasteiger partial charge in [-0.15, -0.1) is 0 Å². The molecule has 8 heteroatoms. The van der Waals surface area contributed by atoms with E-state index in [-0.39, 0.29) is 6.42 Å². The van der Waals surface area contributed by atoms with Crippen LogP contribution in [-0.4, -0.2) is 43.3 Å². The lowest BCUT2D eigenvalue weighted by atomic mass is 10.2. The zero-order valence-electron chi connectivity index (χ0n) is 16.9. The summed E-state index contributed by atoms with van der Waals surface area (Å²) in [6.45, 7) is 2.43. The molecule has 1 saturated heterocycles. The first-order valence-electron chi connectivity index (χ1n) is 10.3. The molecule has 4 heterocycles. The minimum absolute atomic E-state index is 0.0877. The largest absolute Gasteiger partial charge is 0.481 e. The standard InChI is InChI=1S/C23H22ClN5O2/c24-18-12-16(13-25-23(18)28-8-1-2-9-28)19-14-29(15-26-19)21-5-3-4-20-17(21)6-10-27(20)11-7-22(30)31/h3-6,10,12-15H,1-2,7-9,11H2,(H,30,31). The van der Waals surface area contributed by atoms with Crippen molar-refractivity contribution in [2.75, 3.05) is 18.0 Å². The average molecular weight is 436 g/mol. The molecule has 0 unspecified atom stereocenters. The molecule has 1 aliphatic rings. The number of anilines is 1. The van der Waals surface area contributed by atoms with Gasteiger partial charge in [-0.3, -0.25) is 4.79 Å². The maximum absolute atomic E-state index is 10.9. The van der Waals surface area contributed by atoms with Crippen LogP contribution in [0.15, 0.2) is 55.2 Å². The summed E-state index contributed by atoms with van der Waals surface area (Å²) in [5.74, 6) is 0.0371. The summed E-state index contributed by atoms with van der Waals surface area (Å²) in [6, 6.07) is 9.93. The Morgan fingerprint density at radius 1 is 1.16 bits per heavy atom. The molecular weight excluding hydrogens is 414 g/mol. The first-order valence-corrected chi connectivity index (χ1v) is 10.7. The van der Waals surface area contributed by atoms with E-state index in [1.807, 2.05) is 58.1 Å². The number of rotatable bonds is 6. The van der Waals surface area contributed by atoms with Crippen molar-refractivity contribution < 1.29 is 9.90 Å². The molecule has 0 saturated carbocycles. The SMILES string of the molecule is O=C(O)CCn1ccc2c(-n3cnc(-c4cnc(N5CCCC5)c(Cl)c4)c3)cccc21. The Bertz CT molecular complexity index is 1260. The Kier molecular flexibility index (Phi) is 5.11. The Morgan fingerprint density at radius 3 is 2.77 bits per heavy atom. The molecule has 0 spiro atoms. The highest BCUT2D eigenvalue weighted by atomic mass is 35.5. The summed E-state index contributed by atoms with van der Waals surface area (Å²) in [5.41, 5.74) is 3.65. The lowest BCUT2D eigenvalue weighted by Crippen LogP contribution is -2.19. The van der Waals surface area contributed by atoms with Crippen LogP contribution in [0.1, 0.15) is 19.3 Å². The Hall–Kier alpha value is -3.32. The van der Waals surface area contributed by atoms with Crippen molar-refractivity contribution >= 4 is 34.3 Å². The molecule has 7 nitrogen and oxygen atoms in total. The predicted molar refractivity (Wildman–Crippen MR) is 121 cm³/mol. The number of aliphatic carboxylic acids is 1. The zero-order chi connectivity index (χ0) is 21.4. The van der Waals surface area contributed by atoms with Crippen LogP contribution in [0.2, 0.25) is 5.02 Å². The van der Waals surface area contributed by atoms with Crippen LogP contribution in [0, 0.1) is 0 Å². The van der Waals surface area contributed by atoms with Crippen molar-refractivity contribution in [2.24, 2.45) is 0 Å². The van der Waals surface area contributed by atoms with Gasteiger partial charge >= 0.3 is 5.97 Å². The number of benzene rings is 1. The Balaban J connectivity index is 1.45. The maximum atomic E-state index is 10.9. The Morgan fingerprint density at radius 2 is 2.00 bits per heavy atom. The van der Waals surface area contributed by atoms with Crippen LogP contribution in [0.4, 0.5) is 5.82 Å². The van der Waals surface area contributed by atoms with Gasteiger partial charge in [0.15, 0.2) is 0 Å². The number of nitrogens with zero attached hydrogens (tertiary/aromatic N) is 5. The van der Waals surface area contributed by atoms with Gasteiger partial charge in [-0.05, 0) is 37.1 Å². The van der Waals surface area contributed by atoms with E-state index in [9.17, 15) is 4.79 Å². The molecule has 1 aromatic carbocycles. The average Bonchev–Trinajstić information content (AvgIpc) is 3.52. The monoisotopic (exact) mass is 435 g/mol. The number of carboxylic acids is 1. The second-order valence-corrected chi connectivity index (χ2v) is 8.16. The van der Waals surface area contributed by atoms with Crippen molar-refractivity contribution in [3.05, 3.63) is 60.3 Å². The number of carboxylic acid groups (broad SMARTS) is 1. The summed E-state index contributed by atoms with van der Waals surface area (Å²) in [4.78, 5) is 22.3. The molecule has 0 aliphatic carbocycles. The van der Waals surface area contributed by atoms with E-state index in [4.69, 9.17) is 16.7 Å². The van der Waals surface area contributed by atoms with Gasteiger partial charge in [-0.25, -0.2) is 9.97 Å². The van der Waals surface area contributed by atoms with Gasteiger partial charge in [-0.1, -0.05) is 17.7 Å². The summed E-state index contributed by atoms with van der Waals surface area (Å²) in [7, 11) is 0. The van der Waals surface area contributed by atoms with Gasteiger partial charge in [0.05, 0.1) is 34.7 Å². The molecule has 1 fully saturated rings. The molecular formula is C23H22ClN5O2. The molecule has 0 amide bonds. The van der Waals surface area contributed by atoms with Gasteiger partial charge in [0.25, 0.3) is 0 Å². The van der Waals surface area contributed by atoms with Gasteiger partial charge in [-0.2, -0.15) is 0 Å². The number of fused-ring (bicyclic) bond motifs is 1. The van der Waals surface area contributed by atoms with E-state index < -0.39 is 5.97 Å². The topological polar surface area (TPSA) is 76.2 Å². The summed E-state index contributed by atoms with van der Waals surface area (Å²) in [6.07, 6.45) is 9.93. The summed E-state index contributed by atoms with van der Waals surface area (Å²) < 4.78 is 3.94. The number of aryl methyl sites for hydroxylation is 1. The van der Waals surface area contributed by atoms with Crippen LogP contribution in [0.25, 0.3) is 27.8 Å². The molecule has 0 bridgehead atoms. The van der Waals surface area contributed by atoms with Gasteiger partial charge < -0.3 is 19.1 Å². The van der Waals surface area contributed by atoms with Crippen molar-refractivity contribution in [2.45, 2.75) is 25.8 Å². The maximum Gasteiger partial charge on any atom is 0.305 e. The number of carbonyl (C=O) groups is 1. The number of hydrogen-bond acceptors (Lipinski definition) is 4. The molecule has 0 atom stereocenters. The highest BCUT2D eigenvalue weighted by molar-refractivity contribution is 6.33. The molecule has 5 rings (SSSR count). The molecule has 1 aliphatic heterocycles. The van der Waals surface area contributed by atoms with E-state index >= 15 is 0 Å². The second-order valence-electron chi connectivity index (χ2n) is 7.75. The van der Waals surface area contributed by atoms with Gasteiger partial charge in [0.1, 0.15) is 5.82 Å². The number of imidazole rings is 1. The second kappa shape index (κ2) is 8.07. The van der Waals surface area contributed by atoms with Crippen molar-refractivity contribution in [1.82, 2.24) is 19.1 Å². The van der Waals surface area contributed by atoms with E-state index in [1.165, 1.54) is 12.8 Å². The molecule has 3 aromatic heterocycles. The first kappa shape index (κ1) is 19.6. The lowest BCUT2D eigenvalue weighted by molar-refractivity contribution is -0.137. The Labute approximate surface area is 184 Å². The van der Waals surface area contributed by atoms with Crippen molar-refractivity contribution in [1.29, 1.82) is 0 Å². The van der Waals surface area contributed by atoms with Crippen molar-refractivity contribution in [3.63, 3.8) is 0 Å². The fourth-order valence-corrected chi connectivity index (χ4v) is 4.47. The summed E-state index contributed by atoms with van der Waals surface area (Å²) >= 11 is 6.53. The van der Waals surface area contributed by atoms with E-state index in [0.29, 0.717) is 11.6 Å². The zero-order valence-corrected chi connectivity index (χ0v) is 17.7. The van der Waals surface area contributed by atoms with Crippen LogP contribution in [0.3, 0.4) is 0 Å². The quantitative estimate of drug-likeness (QED) is 0.478. The van der Waals surface area contributed by atoms with E-state index in [2.05, 4.69) is 14.9 Å². The minimum Gasteiger partial charge on any atom is -0.481 e. The molecule has 1 N–H and O–H groups in total. The van der Waals surface area contributed by atoms with Gasteiger partial charge in [0.2, 0.25) is 0 Å². The number of hydrogen-bond donors (Lipinski definition) is 1. The van der Waals surface area contributed by atoms with Crippen LogP contribution in [0.5, 0.6) is 0 Å². The normalized spacial score (nSPS) is 13.9. The highest BCUT2D eigenvalue weighted by Crippen LogP contribution is 2.31. The lowest BCUT2D eigenvalue weighted by Gasteiger charge is -2.17. The molecule has 4 aromatic rings. The van der Waals surface area contributed by atoms with Crippen LogP contribution in [-0.2, 0) is 11.3 Å². The third-order valence-electron chi connectivity index (χ3n) is 5.74. The van der Waals surface area contributed by atoms with Gasteiger partial charge in [0, 0.05) is 49.2 Å². The van der Waals surface area contributed by atoms with E-state index in [0.717, 1.165) is 46.8 Å². The third kappa shape index (κ3) is 3.77. The summed E-state index contributed by atoms with van der Waals surface area (Å²) in [5, 5.41) is 10.7. The van der Waals surface area contributed by atoms with Crippen molar-refractivity contribution in [3.8, 4) is 16.9 Å². The molecule has 158 valence electrons. The minimum atomic E-state index is -0.805. The van der Waals surface area contributed by atoms with Crippen LogP contribution < -0.4 is 4.90 Å². The number of pyridine rings is 1. The highest BCUT2D eigenvalue weighted by Gasteiger charge is 2.18. The fraction of sp³-hybridized carbons (Fsp3) is 0.261. The fourth-order valence-electron chi connectivity index (χ4n) is 4.18. The van der Waals surface area contributed by atoms with Crippen LogP contribution >= 0.6 is 11.6 Å². The molecule has 31 heavy (non-hydrogen) atoms. The number of halogens is 1.